The van der Waals surface area contributed by atoms with Gasteiger partial charge >= 0.3 is 12.0 Å². The molecule has 2 amide bonds. The van der Waals surface area contributed by atoms with Gasteiger partial charge in [0, 0.05) is 5.69 Å². The van der Waals surface area contributed by atoms with Crippen molar-refractivity contribution in [2.24, 2.45) is 5.92 Å². The number of esters is 1. The second kappa shape index (κ2) is 8.56. The van der Waals surface area contributed by atoms with Crippen molar-refractivity contribution in [3.05, 3.63) is 30.3 Å². The van der Waals surface area contributed by atoms with Crippen molar-refractivity contribution in [1.82, 2.24) is 5.32 Å². The van der Waals surface area contributed by atoms with E-state index in [2.05, 4.69) is 10.6 Å². The largest absolute Gasteiger partial charge is 0.461 e. The molecule has 5 nitrogen and oxygen atoms in total. The fourth-order valence-corrected chi connectivity index (χ4v) is 2.75. The lowest BCUT2D eigenvalue weighted by molar-refractivity contribution is -0.154. The highest BCUT2D eigenvalue weighted by Crippen LogP contribution is 2.21. The van der Waals surface area contributed by atoms with E-state index in [0.29, 0.717) is 5.69 Å². The fourth-order valence-electron chi connectivity index (χ4n) is 2.75. The van der Waals surface area contributed by atoms with E-state index in [1.54, 1.807) is 12.1 Å². The number of para-hydroxylation sites is 1. The molecule has 1 saturated carbocycles. The van der Waals surface area contributed by atoms with Crippen LogP contribution in [0.3, 0.4) is 0 Å². The molecule has 0 heterocycles. The standard InChI is InChI=1S/C18H26N2O3/c1-13(2)16(17(21)23-15-11-7-4-8-12-15)20-18(22)19-14-9-5-3-6-10-14/h3,5-6,9-10,13,15-16H,4,7-8,11-12H2,1-2H3,(H2,19,20,22). The third-order valence-corrected chi connectivity index (χ3v) is 4.07. The van der Waals surface area contributed by atoms with Gasteiger partial charge in [0.15, 0.2) is 0 Å². The van der Waals surface area contributed by atoms with E-state index in [4.69, 9.17) is 4.74 Å². The molecule has 0 aliphatic heterocycles. The Morgan fingerprint density at radius 1 is 1.09 bits per heavy atom. The van der Waals surface area contributed by atoms with Crippen LogP contribution in [0.15, 0.2) is 30.3 Å². The number of benzene rings is 1. The van der Waals surface area contributed by atoms with Crippen molar-refractivity contribution in [2.75, 3.05) is 5.32 Å². The normalized spacial score (nSPS) is 16.7. The van der Waals surface area contributed by atoms with Crippen molar-refractivity contribution in [3.63, 3.8) is 0 Å². The first kappa shape index (κ1) is 17.3. The summed E-state index contributed by atoms with van der Waals surface area (Å²) in [5.41, 5.74) is 0.688. The fraction of sp³-hybridized carbons (Fsp3) is 0.556. The summed E-state index contributed by atoms with van der Waals surface area (Å²) in [4.78, 5) is 24.5. The molecule has 0 bridgehead atoms. The summed E-state index contributed by atoms with van der Waals surface area (Å²) in [5.74, 6) is -0.372. The minimum absolute atomic E-state index is 0.00326. The molecule has 2 N–H and O–H groups in total. The van der Waals surface area contributed by atoms with Crippen molar-refractivity contribution in [2.45, 2.75) is 58.1 Å². The Bertz CT molecular complexity index is 510. The van der Waals surface area contributed by atoms with Crippen molar-refractivity contribution in [3.8, 4) is 0 Å². The number of hydrogen-bond acceptors (Lipinski definition) is 3. The summed E-state index contributed by atoms with van der Waals surface area (Å²) in [5, 5.41) is 5.46. The summed E-state index contributed by atoms with van der Waals surface area (Å²) in [6.45, 7) is 3.80. The van der Waals surface area contributed by atoms with Gasteiger partial charge in [0.25, 0.3) is 0 Å². The molecular weight excluding hydrogens is 292 g/mol. The second-order valence-electron chi connectivity index (χ2n) is 6.38. The number of carbonyl (C=O) groups excluding carboxylic acids is 2. The van der Waals surface area contributed by atoms with E-state index in [-0.39, 0.29) is 18.0 Å². The zero-order valence-corrected chi connectivity index (χ0v) is 13.9. The minimum Gasteiger partial charge on any atom is -0.461 e. The molecule has 2 rings (SSSR count). The molecule has 0 saturated heterocycles. The predicted octanol–water partition coefficient (Wildman–Crippen LogP) is 3.71. The Hall–Kier alpha value is -2.04. The van der Waals surface area contributed by atoms with Gasteiger partial charge in [-0.25, -0.2) is 9.59 Å². The second-order valence-corrected chi connectivity index (χ2v) is 6.38. The Kier molecular flexibility index (Phi) is 6.44. The Labute approximate surface area is 137 Å². The number of nitrogens with one attached hydrogen (secondary N) is 2. The van der Waals surface area contributed by atoms with Crippen LogP contribution in [0.1, 0.15) is 46.0 Å². The molecule has 1 aromatic carbocycles. The maximum Gasteiger partial charge on any atom is 0.329 e. The zero-order valence-electron chi connectivity index (χ0n) is 13.9. The molecule has 1 aliphatic carbocycles. The number of anilines is 1. The monoisotopic (exact) mass is 318 g/mol. The van der Waals surface area contributed by atoms with Crippen molar-refractivity contribution in [1.29, 1.82) is 0 Å². The van der Waals surface area contributed by atoms with Crippen LogP contribution >= 0.6 is 0 Å². The molecule has 23 heavy (non-hydrogen) atoms. The van der Waals surface area contributed by atoms with Crippen LogP contribution in [0.25, 0.3) is 0 Å². The lowest BCUT2D eigenvalue weighted by Gasteiger charge is -2.26. The number of amides is 2. The number of ether oxygens (including phenoxy) is 1. The highest BCUT2D eigenvalue weighted by Gasteiger charge is 2.28. The third kappa shape index (κ3) is 5.58. The minimum atomic E-state index is -0.638. The first-order valence-electron chi connectivity index (χ1n) is 8.39. The Morgan fingerprint density at radius 2 is 1.74 bits per heavy atom. The van der Waals surface area contributed by atoms with Gasteiger partial charge in [0.1, 0.15) is 12.1 Å². The quantitative estimate of drug-likeness (QED) is 0.813. The van der Waals surface area contributed by atoms with Crippen molar-refractivity contribution < 1.29 is 14.3 Å². The van der Waals surface area contributed by atoms with E-state index in [1.165, 1.54) is 6.42 Å². The van der Waals surface area contributed by atoms with Crippen molar-refractivity contribution >= 4 is 17.7 Å². The van der Waals surface area contributed by atoms with Gasteiger partial charge in [-0.2, -0.15) is 0 Å². The Balaban J connectivity index is 1.89. The van der Waals surface area contributed by atoms with Crippen LogP contribution in [-0.4, -0.2) is 24.1 Å². The summed E-state index contributed by atoms with van der Waals surface area (Å²) >= 11 is 0. The number of rotatable bonds is 5. The predicted molar refractivity (Wildman–Crippen MR) is 90.2 cm³/mol. The molecule has 1 fully saturated rings. The van der Waals surface area contributed by atoms with Gasteiger partial charge < -0.3 is 15.4 Å². The highest BCUT2D eigenvalue weighted by atomic mass is 16.5. The molecular formula is C18H26N2O3. The molecule has 5 heteroatoms. The average molecular weight is 318 g/mol. The molecule has 0 aromatic heterocycles. The van der Waals surface area contributed by atoms with Gasteiger partial charge in [-0.05, 0) is 43.7 Å². The van der Waals surface area contributed by atoms with Gasteiger partial charge in [-0.1, -0.05) is 38.5 Å². The van der Waals surface area contributed by atoms with Gasteiger partial charge in [-0.3, -0.25) is 0 Å². The summed E-state index contributed by atoms with van der Waals surface area (Å²) < 4.78 is 5.58. The lowest BCUT2D eigenvalue weighted by atomic mass is 9.97. The first-order valence-corrected chi connectivity index (χ1v) is 8.39. The van der Waals surface area contributed by atoms with Crippen LogP contribution < -0.4 is 10.6 Å². The molecule has 1 unspecified atom stereocenters. The van der Waals surface area contributed by atoms with E-state index >= 15 is 0 Å². The van der Waals surface area contributed by atoms with Gasteiger partial charge in [0.05, 0.1) is 0 Å². The van der Waals surface area contributed by atoms with E-state index in [9.17, 15) is 9.59 Å². The van der Waals surface area contributed by atoms with E-state index in [0.717, 1.165) is 25.7 Å². The average Bonchev–Trinajstić information content (AvgIpc) is 2.54. The summed E-state index contributed by atoms with van der Waals surface area (Å²) in [7, 11) is 0. The number of urea groups is 1. The van der Waals surface area contributed by atoms with Crippen LogP contribution in [0.4, 0.5) is 10.5 Å². The zero-order chi connectivity index (χ0) is 16.7. The summed E-state index contributed by atoms with van der Waals surface area (Å²) in [6, 6.07) is 8.12. The van der Waals surface area contributed by atoms with Gasteiger partial charge in [-0.15, -0.1) is 0 Å². The maximum absolute atomic E-state index is 12.4. The molecule has 0 spiro atoms. The molecule has 1 atom stereocenters. The van der Waals surface area contributed by atoms with Crippen LogP contribution in [0.2, 0.25) is 0 Å². The molecule has 1 aliphatic rings. The molecule has 126 valence electrons. The van der Waals surface area contributed by atoms with Crippen LogP contribution in [0.5, 0.6) is 0 Å². The lowest BCUT2D eigenvalue weighted by Crippen LogP contribution is -2.48. The molecule has 0 radical (unpaired) electrons. The SMILES string of the molecule is CC(C)C(NC(=O)Nc1ccccc1)C(=O)OC1CCCCC1. The first-order chi connectivity index (χ1) is 11.1. The maximum atomic E-state index is 12.4. The number of hydrogen-bond donors (Lipinski definition) is 2. The smallest absolute Gasteiger partial charge is 0.329 e. The van der Waals surface area contributed by atoms with E-state index < -0.39 is 12.1 Å². The van der Waals surface area contributed by atoms with Crippen LogP contribution in [0, 0.1) is 5.92 Å². The van der Waals surface area contributed by atoms with Gasteiger partial charge in [0.2, 0.25) is 0 Å². The van der Waals surface area contributed by atoms with Crippen LogP contribution in [-0.2, 0) is 9.53 Å². The highest BCUT2D eigenvalue weighted by molar-refractivity contribution is 5.92. The molecule has 1 aromatic rings. The Morgan fingerprint density at radius 3 is 2.35 bits per heavy atom. The third-order valence-electron chi connectivity index (χ3n) is 4.07. The summed E-state index contributed by atoms with van der Waals surface area (Å²) in [6.07, 6.45) is 5.26. The number of carbonyl (C=O) groups is 2. The van der Waals surface area contributed by atoms with E-state index in [1.807, 2.05) is 32.0 Å². The topological polar surface area (TPSA) is 67.4 Å².